The molecule has 0 aliphatic carbocycles. The SMILES string of the molecule is Cc1c(C)c(C)c2c(cc(C)[c-]2C)c1C.Cl.Cl.Cl.[Ti]. The standard InChI is InChI=1S/C15H19.3ClH.Ti/c1-8-7-14-12(5)10(3)11(4)13(6)15(14)9(8)2;;;;/h7H,1-6H3;3*1H;/q-1;;;;. The Balaban J connectivity index is -0.000000640. The van der Waals surface area contributed by atoms with Crippen LogP contribution in [0.1, 0.15) is 33.4 Å². The summed E-state index contributed by atoms with van der Waals surface area (Å²) in [5.41, 5.74) is 8.68. The van der Waals surface area contributed by atoms with Crippen LogP contribution in [0.3, 0.4) is 0 Å². The van der Waals surface area contributed by atoms with E-state index in [2.05, 4.69) is 47.6 Å². The molecular weight excluding hydrogens is 334 g/mol. The third-order valence-electron chi connectivity index (χ3n) is 4.06. The number of hydrogen-bond acceptors (Lipinski definition) is 0. The monoisotopic (exact) mass is 355 g/mol. The van der Waals surface area contributed by atoms with Crippen molar-refractivity contribution in [2.75, 3.05) is 0 Å². The molecule has 0 heterocycles. The molecule has 0 aliphatic heterocycles. The molecule has 0 saturated carbocycles. The second kappa shape index (κ2) is 8.65. The molecule has 2 rings (SSSR count). The molecule has 19 heavy (non-hydrogen) atoms. The Morgan fingerprint density at radius 2 is 1.16 bits per heavy atom. The first kappa shape index (κ1) is 24.4. The summed E-state index contributed by atoms with van der Waals surface area (Å²) in [4.78, 5) is 0. The predicted molar refractivity (Wildman–Crippen MR) is 89.7 cm³/mol. The van der Waals surface area contributed by atoms with Gasteiger partial charge in [0.25, 0.3) is 0 Å². The van der Waals surface area contributed by atoms with Crippen LogP contribution in [0.25, 0.3) is 10.8 Å². The van der Waals surface area contributed by atoms with Crippen LogP contribution >= 0.6 is 37.2 Å². The second-order valence-corrected chi connectivity index (χ2v) is 4.74. The van der Waals surface area contributed by atoms with E-state index in [1.165, 1.54) is 44.2 Å². The van der Waals surface area contributed by atoms with E-state index >= 15 is 0 Å². The summed E-state index contributed by atoms with van der Waals surface area (Å²) in [6.07, 6.45) is 0. The van der Waals surface area contributed by atoms with Gasteiger partial charge in [0.2, 0.25) is 0 Å². The number of benzene rings is 1. The molecule has 4 heteroatoms. The average molecular weight is 357 g/mol. The molecule has 2 aromatic carbocycles. The summed E-state index contributed by atoms with van der Waals surface area (Å²) in [5, 5.41) is 2.93. The van der Waals surface area contributed by atoms with Crippen LogP contribution < -0.4 is 0 Å². The van der Waals surface area contributed by atoms with Crippen LogP contribution in [0.2, 0.25) is 0 Å². The molecule has 108 valence electrons. The van der Waals surface area contributed by atoms with Crippen molar-refractivity contribution < 1.29 is 21.7 Å². The molecule has 0 unspecified atom stereocenters. The van der Waals surface area contributed by atoms with E-state index in [1.54, 1.807) is 0 Å². The topological polar surface area (TPSA) is 0 Å². The quantitative estimate of drug-likeness (QED) is 0.421. The van der Waals surface area contributed by atoms with E-state index in [0.717, 1.165) is 0 Å². The predicted octanol–water partition coefficient (Wildman–Crippen LogP) is 5.67. The second-order valence-electron chi connectivity index (χ2n) is 4.74. The number of aryl methyl sites for hydroxylation is 4. The van der Waals surface area contributed by atoms with Crippen LogP contribution in [0.4, 0.5) is 0 Å². The van der Waals surface area contributed by atoms with E-state index in [-0.39, 0.29) is 58.9 Å². The van der Waals surface area contributed by atoms with Crippen LogP contribution in [-0.2, 0) is 21.7 Å². The smallest absolute Gasteiger partial charge is 0 e. The van der Waals surface area contributed by atoms with Crippen LogP contribution in [-0.4, -0.2) is 0 Å². The molecule has 0 N–H and O–H groups in total. The molecular formula is C15H22Cl3Ti-. The first-order chi connectivity index (χ1) is 6.95. The van der Waals surface area contributed by atoms with Gasteiger partial charge >= 0.3 is 0 Å². The minimum Gasteiger partial charge on any atom is -0.165 e. The van der Waals surface area contributed by atoms with Gasteiger partial charge in [0.1, 0.15) is 0 Å². The largest absolute Gasteiger partial charge is 0.165 e. The maximum Gasteiger partial charge on any atom is 0 e. The Morgan fingerprint density at radius 1 is 0.737 bits per heavy atom. The number of hydrogen-bond donors (Lipinski definition) is 0. The summed E-state index contributed by atoms with van der Waals surface area (Å²) in [7, 11) is 0. The van der Waals surface area contributed by atoms with Crippen molar-refractivity contribution in [3.8, 4) is 0 Å². The van der Waals surface area contributed by atoms with E-state index in [9.17, 15) is 0 Å². The maximum atomic E-state index is 2.33. The summed E-state index contributed by atoms with van der Waals surface area (Å²) < 4.78 is 0. The van der Waals surface area contributed by atoms with Gasteiger partial charge in [-0.25, -0.2) is 0 Å². The van der Waals surface area contributed by atoms with Gasteiger partial charge < -0.3 is 0 Å². The molecule has 0 amide bonds. The molecule has 0 aromatic heterocycles. The van der Waals surface area contributed by atoms with Crippen molar-refractivity contribution in [2.45, 2.75) is 41.5 Å². The summed E-state index contributed by atoms with van der Waals surface area (Å²) in [6, 6.07) is 2.33. The minimum absolute atomic E-state index is 0. The summed E-state index contributed by atoms with van der Waals surface area (Å²) in [6.45, 7) is 13.4. The molecule has 0 aliphatic rings. The van der Waals surface area contributed by atoms with Gasteiger partial charge in [0, 0.05) is 21.7 Å². The van der Waals surface area contributed by atoms with Crippen molar-refractivity contribution in [3.63, 3.8) is 0 Å². The molecule has 0 saturated heterocycles. The van der Waals surface area contributed by atoms with Gasteiger partial charge in [-0.2, -0.15) is 6.07 Å². The fourth-order valence-corrected chi connectivity index (χ4v) is 2.53. The fourth-order valence-electron chi connectivity index (χ4n) is 2.53. The van der Waals surface area contributed by atoms with E-state index in [0.29, 0.717) is 0 Å². The van der Waals surface area contributed by atoms with Crippen LogP contribution in [0.15, 0.2) is 6.07 Å². The number of halogens is 3. The first-order valence-electron chi connectivity index (χ1n) is 5.58. The zero-order valence-electron chi connectivity index (χ0n) is 12.3. The Kier molecular flexibility index (Phi) is 11.1. The molecule has 0 atom stereocenters. The average Bonchev–Trinajstić information content (AvgIpc) is 2.50. The van der Waals surface area contributed by atoms with Crippen molar-refractivity contribution in [1.29, 1.82) is 0 Å². The van der Waals surface area contributed by atoms with Gasteiger partial charge in [-0.05, 0) is 20.8 Å². The summed E-state index contributed by atoms with van der Waals surface area (Å²) in [5.74, 6) is 0. The van der Waals surface area contributed by atoms with E-state index in [1.807, 2.05) is 0 Å². The zero-order valence-corrected chi connectivity index (χ0v) is 16.3. The molecule has 2 aromatic rings. The van der Waals surface area contributed by atoms with E-state index < -0.39 is 0 Å². The van der Waals surface area contributed by atoms with Gasteiger partial charge in [0.05, 0.1) is 0 Å². The molecule has 0 fully saturated rings. The van der Waals surface area contributed by atoms with Gasteiger partial charge in [-0.15, -0.1) is 64.7 Å². The van der Waals surface area contributed by atoms with Crippen molar-refractivity contribution >= 4 is 48.0 Å². The molecule has 0 nitrogen and oxygen atoms in total. The first-order valence-corrected chi connectivity index (χ1v) is 5.58. The molecule has 0 radical (unpaired) electrons. The molecule has 0 bridgehead atoms. The van der Waals surface area contributed by atoms with Crippen molar-refractivity contribution in [3.05, 3.63) is 39.4 Å². The van der Waals surface area contributed by atoms with E-state index in [4.69, 9.17) is 0 Å². The van der Waals surface area contributed by atoms with Crippen molar-refractivity contribution in [1.82, 2.24) is 0 Å². The Bertz CT molecular complexity index is 556. The van der Waals surface area contributed by atoms with Crippen molar-refractivity contribution in [2.24, 2.45) is 0 Å². The number of fused-ring (bicyclic) bond motifs is 1. The summed E-state index contributed by atoms with van der Waals surface area (Å²) >= 11 is 0. The Labute approximate surface area is 150 Å². The Hall–Kier alpha value is 0.414. The fraction of sp³-hybridized carbons (Fsp3) is 0.400. The van der Waals surface area contributed by atoms with Gasteiger partial charge in [0.15, 0.2) is 0 Å². The number of rotatable bonds is 0. The van der Waals surface area contributed by atoms with Crippen LogP contribution in [0.5, 0.6) is 0 Å². The molecule has 0 spiro atoms. The third-order valence-corrected chi connectivity index (χ3v) is 4.06. The normalized spacial score (nSPS) is 8.95. The third kappa shape index (κ3) is 3.74. The zero-order chi connectivity index (χ0) is 11.3. The minimum atomic E-state index is 0. The van der Waals surface area contributed by atoms with Crippen LogP contribution in [0, 0.1) is 41.5 Å². The Morgan fingerprint density at radius 3 is 1.63 bits per heavy atom. The van der Waals surface area contributed by atoms with Gasteiger partial charge in [-0.3, -0.25) is 0 Å². The van der Waals surface area contributed by atoms with Gasteiger partial charge in [-0.1, -0.05) is 37.5 Å². The maximum absolute atomic E-state index is 2.33.